The fourth-order valence-electron chi connectivity index (χ4n) is 7.39. The third kappa shape index (κ3) is 17.6. The van der Waals surface area contributed by atoms with Gasteiger partial charge in [-0.15, -0.1) is 11.8 Å². The summed E-state index contributed by atoms with van der Waals surface area (Å²) < 4.78 is 24.5. The van der Waals surface area contributed by atoms with Gasteiger partial charge in [0.25, 0.3) is 0 Å². The predicted molar refractivity (Wildman–Crippen MR) is 251 cm³/mol. The van der Waals surface area contributed by atoms with Gasteiger partial charge >= 0.3 is 5.97 Å². The van der Waals surface area contributed by atoms with Crippen molar-refractivity contribution < 1.29 is 38.4 Å². The number of carboxylic acid groups (broad SMARTS) is 1. The van der Waals surface area contributed by atoms with Gasteiger partial charge in [-0.25, -0.2) is 9.78 Å². The van der Waals surface area contributed by atoms with Crippen LogP contribution in [0.4, 0.5) is 5.69 Å². The van der Waals surface area contributed by atoms with E-state index in [4.69, 9.17) is 18.9 Å². The van der Waals surface area contributed by atoms with Crippen molar-refractivity contribution >= 4 is 35.2 Å². The van der Waals surface area contributed by atoms with Crippen molar-refractivity contribution in [2.24, 2.45) is 0 Å². The molecule has 0 radical (unpaired) electrons. The van der Waals surface area contributed by atoms with Crippen molar-refractivity contribution in [2.75, 3.05) is 89.6 Å². The molecule has 0 unspecified atom stereocenters. The summed E-state index contributed by atoms with van der Waals surface area (Å²) in [6.45, 7) is 8.21. The highest BCUT2D eigenvalue weighted by Gasteiger charge is 2.22. The predicted octanol–water partition coefficient (Wildman–Crippen LogP) is 6.02. The van der Waals surface area contributed by atoms with E-state index in [1.165, 1.54) is 6.07 Å². The van der Waals surface area contributed by atoms with Gasteiger partial charge < -0.3 is 34.3 Å². The first-order valence-corrected chi connectivity index (χ1v) is 23.7. The van der Waals surface area contributed by atoms with Crippen LogP contribution in [0.5, 0.6) is 0 Å². The quantitative estimate of drug-likeness (QED) is 0.0996. The summed E-state index contributed by atoms with van der Waals surface area (Å²) in [6, 6.07) is 26.5. The number of hydrogen-bond acceptors (Lipinski definition) is 12. The number of anilines is 1. The summed E-state index contributed by atoms with van der Waals surface area (Å²) in [5, 5.41) is 12.5. The molecular formula is C50H62N6O8S. The number of ether oxygens (including phenoxy) is 4. The molecule has 2 N–H and O–H groups in total. The van der Waals surface area contributed by atoms with E-state index in [1.807, 2.05) is 79.0 Å². The second-order valence-electron chi connectivity index (χ2n) is 15.8. The molecule has 1 saturated heterocycles. The number of nitrogens with one attached hydrogen (secondary N) is 1. The molecule has 1 atom stereocenters. The van der Waals surface area contributed by atoms with Gasteiger partial charge in [0, 0.05) is 76.0 Å². The van der Waals surface area contributed by atoms with Gasteiger partial charge in [-0.2, -0.15) is 0 Å². The first-order chi connectivity index (χ1) is 31.9. The molecule has 1 fully saturated rings. The van der Waals surface area contributed by atoms with Gasteiger partial charge in [0.2, 0.25) is 11.8 Å². The molecule has 2 aliphatic heterocycles. The third-order valence-corrected chi connectivity index (χ3v) is 12.1. The Kier molecular flexibility index (Phi) is 21.2. The normalized spacial score (nSPS) is 17.2. The number of aromatic carboxylic acids is 1. The van der Waals surface area contributed by atoms with E-state index >= 15 is 0 Å². The van der Waals surface area contributed by atoms with Crippen molar-refractivity contribution in [3.05, 3.63) is 125 Å². The lowest BCUT2D eigenvalue weighted by atomic mass is 10.0. The number of aromatic nitrogens is 2. The number of unbranched alkanes of at least 4 members (excludes halogenated alkanes) is 3. The Bertz CT molecular complexity index is 2150. The van der Waals surface area contributed by atoms with Crippen LogP contribution in [0.15, 0.2) is 91.1 Å². The van der Waals surface area contributed by atoms with Gasteiger partial charge in [-0.3, -0.25) is 24.4 Å². The summed E-state index contributed by atoms with van der Waals surface area (Å²) in [7, 11) is 0. The van der Waals surface area contributed by atoms with Crippen molar-refractivity contribution in [3.8, 4) is 11.8 Å². The second-order valence-corrected chi connectivity index (χ2v) is 17.1. The average molecular weight is 907 g/mol. The number of carboxylic acids is 1. The number of fused-ring (bicyclic) bond motifs is 2. The molecule has 0 saturated carbocycles. The SMILES string of the molecule is O=C(CCC(=O)N1Cc2ccccc2C#Cc2ccccc21)NCCCCCCS[C@@H]1COCCN(Cc2cccc(C(=O)O)n2)CCOCCOCCN(Cc2ccccn2)CCO1. The van der Waals surface area contributed by atoms with Crippen molar-refractivity contribution in [3.63, 3.8) is 0 Å². The Morgan fingerprint density at radius 1 is 0.708 bits per heavy atom. The number of para-hydroxylation sites is 1. The number of pyridine rings is 2. The molecule has 14 nitrogen and oxygen atoms in total. The smallest absolute Gasteiger partial charge is 0.354 e. The minimum atomic E-state index is -1.05. The average Bonchev–Trinajstić information content (AvgIpc) is 3.31. The van der Waals surface area contributed by atoms with Crippen molar-refractivity contribution in [2.45, 2.75) is 63.6 Å². The minimum Gasteiger partial charge on any atom is -0.477 e. The van der Waals surface area contributed by atoms with E-state index in [-0.39, 0.29) is 35.8 Å². The number of rotatable bonds is 16. The summed E-state index contributed by atoms with van der Waals surface area (Å²) in [5.74, 6) is 6.09. The minimum absolute atomic E-state index is 0.0192. The maximum Gasteiger partial charge on any atom is 0.354 e. The molecule has 2 aliphatic rings. The van der Waals surface area contributed by atoms with E-state index in [0.29, 0.717) is 97.8 Å². The summed E-state index contributed by atoms with van der Waals surface area (Å²) in [6.07, 6.45) is 5.90. The number of nitrogens with zero attached hydrogens (tertiary/aromatic N) is 5. The number of hydrogen-bond donors (Lipinski definition) is 2. The molecule has 0 aliphatic carbocycles. The maximum absolute atomic E-state index is 13.5. The van der Waals surface area contributed by atoms with Gasteiger partial charge in [-0.1, -0.05) is 67.1 Å². The van der Waals surface area contributed by atoms with E-state index in [1.54, 1.807) is 22.7 Å². The number of carbonyl (C=O) groups is 3. The fourth-order valence-corrected chi connectivity index (χ4v) is 8.41. The lowest BCUT2D eigenvalue weighted by molar-refractivity contribution is -0.125. The largest absolute Gasteiger partial charge is 0.477 e. The van der Waals surface area contributed by atoms with Crippen LogP contribution in [-0.2, 0) is 48.2 Å². The number of benzene rings is 2. The first kappa shape index (κ1) is 49.3. The Hall–Kier alpha value is -5.18. The highest BCUT2D eigenvalue weighted by atomic mass is 32.2. The topological polar surface area (TPSA) is 156 Å². The summed E-state index contributed by atoms with van der Waals surface area (Å²) in [4.78, 5) is 52.9. The lowest BCUT2D eigenvalue weighted by Crippen LogP contribution is -2.34. The molecule has 4 aromatic rings. The summed E-state index contributed by atoms with van der Waals surface area (Å²) >= 11 is 1.75. The van der Waals surface area contributed by atoms with E-state index in [2.05, 4.69) is 36.9 Å². The third-order valence-electron chi connectivity index (χ3n) is 11.0. The highest BCUT2D eigenvalue weighted by molar-refractivity contribution is 7.99. The van der Waals surface area contributed by atoms with Crippen LogP contribution in [0, 0.1) is 11.8 Å². The van der Waals surface area contributed by atoms with Gasteiger partial charge in [0.15, 0.2) is 0 Å². The maximum atomic E-state index is 13.5. The van der Waals surface area contributed by atoms with Crippen LogP contribution in [0.3, 0.4) is 0 Å². The fraction of sp³-hybridized carbons (Fsp3) is 0.460. The van der Waals surface area contributed by atoms with E-state index in [0.717, 1.165) is 66.1 Å². The van der Waals surface area contributed by atoms with Crippen LogP contribution in [-0.4, -0.2) is 133 Å². The van der Waals surface area contributed by atoms with Gasteiger partial charge in [0.1, 0.15) is 11.1 Å². The lowest BCUT2D eigenvalue weighted by Gasteiger charge is -2.26. The zero-order valence-electron chi connectivity index (χ0n) is 37.2. The number of amides is 2. The second kappa shape index (κ2) is 28.0. The Morgan fingerprint density at radius 2 is 1.38 bits per heavy atom. The first-order valence-electron chi connectivity index (χ1n) is 22.7. The Morgan fingerprint density at radius 3 is 2.17 bits per heavy atom. The highest BCUT2D eigenvalue weighted by Crippen LogP contribution is 2.26. The number of thioether (sulfide) groups is 1. The van der Waals surface area contributed by atoms with E-state index in [9.17, 15) is 19.5 Å². The van der Waals surface area contributed by atoms with Crippen LogP contribution >= 0.6 is 11.8 Å². The molecule has 2 aromatic heterocycles. The molecule has 0 spiro atoms. The molecule has 2 amide bonds. The molecule has 0 bridgehead atoms. The van der Waals surface area contributed by atoms with Crippen LogP contribution in [0.1, 0.15) is 77.1 Å². The Labute approximate surface area is 387 Å². The molecule has 6 rings (SSSR count). The molecule has 2 aromatic carbocycles. The Balaban J connectivity index is 0.927. The molecule has 65 heavy (non-hydrogen) atoms. The monoisotopic (exact) mass is 906 g/mol. The van der Waals surface area contributed by atoms with Crippen molar-refractivity contribution in [1.82, 2.24) is 25.1 Å². The molecule has 15 heteroatoms. The van der Waals surface area contributed by atoms with Gasteiger partial charge in [-0.05, 0) is 66.6 Å². The van der Waals surface area contributed by atoms with E-state index < -0.39 is 5.97 Å². The molecule has 4 heterocycles. The zero-order valence-corrected chi connectivity index (χ0v) is 38.1. The van der Waals surface area contributed by atoms with Crippen LogP contribution in [0.25, 0.3) is 0 Å². The van der Waals surface area contributed by atoms with Crippen LogP contribution < -0.4 is 10.2 Å². The standard InChI is InChI=1S/C50H62N6O8S/c57-47(21-22-48(58)56-36-42-14-4-3-12-40(42)19-20-41-13-5-6-18-46(41)56)52-24-8-1-2-10-35-65-49-39-63-31-27-54(38-44-16-11-17-45(53-44)50(59)60)25-29-61-33-34-62-30-26-55(28-32-64-49)37-43-15-7-9-23-51-43/h3-7,9,11-18,23,49H,1-2,8,10,21-22,24-39H2,(H,52,57)(H,59,60)/t49-/m1/s1. The van der Waals surface area contributed by atoms with Crippen LogP contribution in [0.2, 0.25) is 0 Å². The van der Waals surface area contributed by atoms with Gasteiger partial charge in [0.05, 0.1) is 69.9 Å². The molecular weight excluding hydrogens is 845 g/mol. The molecule has 346 valence electrons. The van der Waals surface area contributed by atoms with Crippen molar-refractivity contribution in [1.29, 1.82) is 0 Å². The zero-order chi connectivity index (χ0) is 45.3. The summed E-state index contributed by atoms with van der Waals surface area (Å²) in [5.41, 5.74) is 4.97. The number of carbonyl (C=O) groups excluding carboxylic acids is 2.